The number of aromatic nitrogens is 4. The second-order valence-electron chi connectivity index (χ2n) is 10.4. The Morgan fingerprint density at radius 3 is 2.02 bits per heavy atom. The number of rotatable bonds is 9. The molecular weight excluding hydrogens is 967 g/mol. The van der Waals surface area contributed by atoms with E-state index in [9.17, 15) is 51.9 Å². The zero-order valence-corrected chi connectivity index (χ0v) is 43.3. The molecule has 3 heterocycles. The molecule has 58 heavy (non-hydrogen) atoms. The number of nitrogens with two attached hydrogens (primary N) is 1. The third-order valence-corrected chi connectivity index (χ3v) is 11.3. The van der Waals surface area contributed by atoms with Crippen LogP contribution in [0.3, 0.4) is 0 Å². The monoisotopic (exact) mass is 978 g/mol. The van der Waals surface area contributed by atoms with Gasteiger partial charge in [-0.1, -0.05) is 23.2 Å². The molecule has 0 unspecified atom stereocenters. The van der Waals surface area contributed by atoms with E-state index in [-0.39, 0.29) is 124 Å². The Bertz CT molecular complexity index is 2990. The van der Waals surface area contributed by atoms with Crippen molar-refractivity contribution in [3.8, 4) is 28.7 Å². The minimum absolute atomic E-state index is 0. The van der Waals surface area contributed by atoms with E-state index in [4.69, 9.17) is 54.4 Å². The smallest absolute Gasteiger partial charge is 0.748 e. The van der Waals surface area contributed by atoms with Crippen molar-refractivity contribution in [3.05, 3.63) is 32.8 Å². The maximum absolute atomic E-state index is 12.8. The molecule has 2 aromatic carbocycles. The van der Waals surface area contributed by atoms with Gasteiger partial charge in [0.1, 0.15) is 67.1 Å². The van der Waals surface area contributed by atoms with Crippen molar-refractivity contribution in [3.63, 3.8) is 0 Å². The van der Waals surface area contributed by atoms with Crippen molar-refractivity contribution < 1.29 is 184 Å². The van der Waals surface area contributed by atoms with Crippen LogP contribution in [0.5, 0.6) is 17.2 Å². The Hall–Kier alpha value is -0.420. The normalized spacial score (nSPS) is 12.7. The summed E-state index contributed by atoms with van der Waals surface area (Å²) in [5.74, 6) is -4.51. The molecule has 3 aromatic rings. The number of halogens is 3. The average molecular weight is 980 g/mol. The van der Waals surface area contributed by atoms with Crippen LogP contribution in [0.1, 0.15) is 0 Å². The SMILES string of the molecule is COc1cc(=Nc2nc(Cl)nc(NCCS(=O)(=O)[O-])n2)c(S(=O)(=O)[O-])c2oc3c(Cl)c4c(c(Cl)c3nc1-2)Oc1c(cc(S(=O)(=O)[O-])c(N)c1S(=O)(=O)[O-])N4.[Na+].[Na+].[Na+].[Na+]. The molecule has 1 aliphatic carbocycles. The maximum Gasteiger partial charge on any atom is 1.00 e. The first-order valence-corrected chi connectivity index (χ1v) is 20.6. The number of nitrogen functional groups attached to an aromatic ring is 1. The topological polar surface area (TPSA) is 374 Å². The number of ether oxygens (including phenoxy) is 2. The Labute approximate surface area is 430 Å². The molecule has 0 saturated heterocycles. The number of methoxy groups -OCH3 is 1. The van der Waals surface area contributed by atoms with Crippen LogP contribution in [0.25, 0.3) is 22.6 Å². The Morgan fingerprint density at radius 1 is 0.845 bits per heavy atom. The molecule has 0 bridgehead atoms. The standard InChI is InChI=1S/C24H17Cl3N8O15S4.4Na/c1-48-8-4-7(31-24-34-22(27)33-23(35-24)29-2-3-51(36,37)38)20(53(42,43)44)19-13(8)32-15-11(26)17-14(10(25)18(15)50-19)30-6-5-9(52(39,40)41)12(28)21(16(6)49-17)54(45,46)47;;;;/h4-5,30H,2-3,28H2,1H3,(H,36,37,38)(H,39,40,41)(H,42,43,44)(H,45,46,47)(H,29,33,34,35);;;;/q;4*+1/p-4. The van der Waals surface area contributed by atoms with Crippen molar-refractivity contribution in [1.82, 2.24) is 19.9 Å². The molecule has 6 rings (SSSR count). The first kappa shape index (κ1) is 53.7. The summed E-state index contributed by atoms with van der Waals surface area (Å²) in [4.78, 5) is 15.5. The number of anilines is 4. The zero-order valence-electron chi connectivity index (χ0n) is 29.8. The van der Waals surface area contributed by atoms with E-state index in [0.717, 1.165) is 13.2 Å². The summed E-state index contributed by atoms with van der Waals surface area (Å²) >= 11 is 19.1. The summed E-state index contributed by atoms with van der Waals surface area (Å²) in [5, 5.41) is 2.49. The van der Waals surface area contributed by atoms with Crippen LogP contribution >= 0.6 is 34.8 Å². The number of benzene rings is 3. The van der Waals surface area contributed by atoms with Crippen LogP contribution in [-0.2, 0) is 40.5 Å². The molecule has 1 aromatic heterocycles. The van der Waals surface area contributed by atoms with Crippen LogP contribution in [0.2, 0.25) is 15.3 Å². The van der Waals surface area contributed by atoms with Gasteiger partial charge in [-0.05, 0) is 17.7 Å². The first-order valence-electron chi connectivity index (χ1n) is 13.7. The fraction of sp³-hybridized carbons (Fsp3) is 0.125. The molecule has 0 atom stereocenters. The molecule has 0 fully saturated rings. The van der Waals surface area contributed by atoms with Crippen molar-refractivity contribution in [2.75, 3.05) is 35.8 Å². The van der Waals surface area contributed by atoms with Gasteiger partial charge < -0.3 is 48.5 Å². The van der Waals surface area contributed by atoms with Crippen LogP contribution in [-0.4, -0.2) is 91.2 Å². The molecule has 0 saturated carbocycles. The van der Waals surface area contributed by atoms with E-state index in [0.29, 0.717) is 6.07 Å². The fourth-order valence-corrected chi connectivity index (χ4v) is 8.12. The second kappa shape index (κ2) is 19.5. The summed E-state index contributed by atoms with van der Waals surface area (Å²) in [6.07, 6.45) is 0. The van der Waals surface area contributed by atoms with E-state index >= 15 is 0 Å². The van der Waals surface area contributed by atoms with E-state index in [1.54, 1.807) is 0 Å². The van der Waals surface area contributed by atoms with Gasteiger partial charge in [0.15, 0.2) is 28.6 Å². The predicted octanol–water partition coefficient (Wildman–Crippen LogP) is -10.6. The van der Waals surface area contributed by atoms with Crippen molar-refractivity contribution in [2.24, 2.45) is 4.99 Å². The maximum atomic E-state index is 12.8. The molecular formula is C24H13Cl3N8Na4O15S4. The number of nitrogens with zero attached hydrogens (tertiary/aromatic N) is 5. The van der Waals surface area contributed by atoms with E-state index in [1.165, 1.54) is 0 Å². The molecule has 2 aliphatic heterocycles. The summed E-state index contributed by atoms with van der Waals surface area (Å²) < 4.78 is 160. The minimum atomic E-state index is -5.65. The van der Waals surface area contributed by atoms with Crippen LogP contribution < -0.4 is 149 Å². The van der Waals surface area contributed by atoms with Gasteiger partial charge in [-0.3, -0.25) is 0 Å². The quantitative estimate of drug-likeness (QED) is 0.0524. The third-order valence-electron chi connectivity index (χ3n) is 6.99. The van der Waals surface area contributed by atoms with Gasteiger partial charge in [-0.25, -0.2) is 43.6 Å². The van der Waals surface area contributed by atoms with Gasteiger partial charge in [0.05, 0.1) is 44.6 Å². The van der Waals surface area contributed by atoms with Gasteiger partial charge in [-0.2, -0.15) is 15.0 Å². The Balaban J connectivity index is 0.00000290. The average Bonchev–Trinajstić information content (AvgIpc) is 3.02. The summed E-state index contributed by atoms with van der Waals surface area (Å²) in [6, 6.07) is 1.45. The molecule has 288 valence electrons. The molecule has 3 aliphatic rings. The summed E-state index contributed by atoms with van der Waals surface area (Å²) in [7, 11) is -20.3. The summed E-state index contributed by atoms with van der Waals surface area (Å²) in [6.45, 7) is -0.475. The number of nitrogens with one attached hydrogen (secondary N) is 2. The van der Waals surface area contributed by atoms with Gasteiger partial charge in [0.2, 0.25) is 11.2 Å². The number of fused-ring (bicyclic) bond motifs is 4. The molecule has 23 nitrogen and oxygen atoms in total. The van der Waals surface area contributed by atoms with E-state index < -0.39 is 151 Å². The number of hydrogen-bond donors (Lipinski definition) is 3. The van der Waals surface area contributed by atoms with E-state index in [1.807, 2.05) is 0 Å². The van der Waals surface area contributed by atoms with Crippen LogP contribution in [0.15, 0.2) is 36.2 Å². The van der Waals surface area contributed by atoms with Gasteiger partial charge >= 0.3 is 118 Å². The molecule has 0 spiro atoms. The molecule has 0 amide bonds. The largest absolute Gasteiger partial charge is 1.00 e. The first-order chi connectivity index (χ1) is 24.9. The predicted molar refractivity (Wildman–Crippen MR) is 178 cm³/mol. The van der Waals surface area contributed by atoms with Crippen LogP contribution in [0, 0.1) is 0 Å². The zero-order chi connectivity index (χ0) is 39.9. The summed E-state index contributed by atoms with van der Waals surface area (Å²) in [5.41, 5.74) is 1.80. The fourth-order valence-electron chi connectivity index (χ4n) is 4.90. The Kier molecular flexibility index (Phi) is 18.1. The van der Waals surface area contributed by atoms with E-state index in [2.05, 4.69) is 35.6 Å². The van der Waals surface area contributed by atoms with Crippen molar-refractivity contribution in [1.29, 1.82) is 0 Å². The number of hydrogen-bond acceptors (Lipinski definition) is 23. The third kappa shape index (κ3) is 11.0. The van der Waals surface area contributed by atoms with Gasteiger partial charge in [0, 0.05) is 12.6 Å². The van der Waals surface area contributed by atoms with Crippen molar-refractivity contribution in [2.45, 2.75) is 14.7 Å². The van der Waals surface area contributed by atoms with Crippen molar-refractivity contribution >= 4 is 115 Å². The molecule has 34 heteroatoms. The second-order valence-corrected chi connectivity index (χ2v) is 17.0. The molecule has 4 N–H and O–H groups in total. The minimum Gasteiger partial charge on any atom is -0.748 e. The van der Waals surface area contributed by atoms with Gasteiger partial charge in [0.25, 0.3) is 5.95 Å². The Morgan fingerprint density at radius 2 is 1.47 bits per heavy atom. The van der Waals surface area contributed by atoms with Gasteiger partial charge in [-0.15, -0.1) is 0 Å². The van der Waals surface area contributed by atoms with Crippen LogP contribution in [0.4, 0.5) is 29.0 Å². The molecule has 0 radical (unpaired) electrons.